The Balaban J connectivity index is 1.64. The Labute approximate surface area is 174 Å². The molecule has 156 valence electrons. The molecule has 0 bridgehead atoms. The summed E-state index contributed by atoms with van der Waals surface area (Å²) in [4.78, 5) is 11.3. The summed E-state index contributed by atoms with van der Waals surface area (Å²) in [6.07, 6.45) is 4.93. The average Bonchev–Trinajstić information content (AvgIpc) is 2.74. The standard InChI is InChI=1S/C25H32O4/c1-4-17-27-23-13-9-21(10-14-23)22-11-15-24(16-12-22)28-18-7-5-6-8-19-29-25(26)20(2)3/h9-16H,2,4-8,17-19H2,1,3H3. The molecular formula is C25H32O4. The summed E-state index contributed by atoms with van der Waals surface area (Å²) >= 11 is 0. The second-order valence-electron chi connectivity index (χ2n) is 7.08. The lowest BCUT2D eigenvalue weighted by Crippen LogP contribution is -2.06. The third-order valence-corrected chi connectivity index (χ3v) is 4.40. The van der Waals surface area contributed by atoms with Crippen LogP contribution in [0, 0.1) is 0 Å². The zero-order valence-corrected chi connectivity index (χ0v) is 17.6. The normalized spacial score (nSPS) is 10.4. The zero-order valence-electron chi connectivity index (χ0n) is 17.6. The van der Waals surface area contributed by atoms with Gasteiger partial charge in [0.2, 0.25) is 0 Å². The molecule has 0 N–H and O–H groups in total. The lowest BCUT2D eigenvalue weighted by molar-refractivity contribution is -0.139. The van der Waals surface area contributed by atoms with E-state index in [1.54, 1.807) is 6.92 Å². The van der Waals surface area contributed by atoms with Gasteiger partial charge in [-0.15, -0.1) is 0 Å². The Morgan fingerprint density at radius 1 is 0.759 bits per heavy atom. The zero-order chi connectivity index (χ0) is 20.9. The summed E-state index contributed by atoms with van der Waals surface area (Å²) in [5.74, 6) is 1.48. The molecule has 0 saturated carbocycles. The SMILES string of the molecule is C=C(C)C(=O)OCCCCCCOc1ccc(-c2ccc(OCCC)cc2)cc1. The number of rotatable bonds is 13. The van der Waals surface area contributed by atoms with Crippen molar-refractivity contribution in [1.29, 1.82) is 0 Å². The summed E-state index contributed by atoms with van der Waals surface area (Å²) in [5, 5.41) is 0. The monoisotopic (exact) mass is 396 g/mol. The second-order valence-corrected chi connectivity index (χ2v) is 7.08. The first-order valence-corrected chi connectivity index (χ1v) is 10.4. The fraction of sp³-hybridized carbons (Fsp3) is 0.400. The van der Waals surface area contributed by atoms with Gasteiger partial charge < -0.3 is 14.2 Å². The van der Waals surface area contributed by atoms with E-state index in [-0.39, 0.29) is 5.97 Å². The molecule has 2 aromatic rings. The number of hydrogen-bond donors (Lipinski definition) is 0. The molecule has 4 nitrogen and oxygen atoms in total. The molecule has 0 aliphatic heterocycles. The van der Waals surface area contributed by atoms with Crippen LogP contribution in [0.1, 0.15) is 46.0 Å². The molecule has 2 aromatic carbocycles. The highest BCUT2D eigenvalue weighted by atomic mass is 16.5. The van der Waals surface area contributed by atoms with E-state index in [2.05, 4.69) is 37.8 Å². The minimum Gasteiger partial charge on any atom is -0.494 e. The Morgan fingerprint density at radius 3 is 1.72 bits per heavy atom. The van der Waals surface area contributed by atoms with Gasteiger partial charge in [0, 0.05) is 5.57 Å². The van der Waals surface area contributed by atoms with Crippen molar-refractivity contribution in [2.75, 3.05) is 19.8 Å². The molecule has 0 radical (unpaired) electrons. The topological polar surface area (TPSA) is 44.8 Å². The van der Waals surface area contributed by atoms with E-state index in [0.29, 0.717) is 18.8 Å². The number of ether oxygens (including phenoxy) is 3. The molecule has 0 aliphatic rings. The molecule has 0 aromatic heterocycles. The van der Waals surface area contributed by atoms with Crippen LogP contribution in [0.15, 0.2) is 60.7 Å². The van der Waals surface area contributed by atoms with Crippen molar-refractivity contribution >= 4 is 5.97 Å². The molecule has 0 amide bonds. The number of benzene rings is 2. The van der Waals surface area contributed by atoms with E-state index in [1.807, 2.05) is 24.3 Å². The van der Waals surface area contributed by atoms with Gasteiger partial charge in [0.1, 0.15) is 11.5 Å². The molecule has 0 fully saturated rings. The Bertz CT molecular complexity index is 747. The van der Waals surface area contributed by atoms with Crippen LogP contribution in [-0.2, 0) is 9.53 Å². The molecule has 0 heterocycles. The first-order chi connectivity index (χ1) is 14.1. The number of hydrogen-bond acceptors (Lipinski definition) is 4. The summed E-state index contributed by atoms with van der Waals surface area (Å²) < 4.78 is 16.5. The number of carbonyl (C=O) groups excluding carboxylic acids is 1. The molecule has 29 heavy (non-hydrogen) atoms. The first-order valence-electron chi connectivity index (χ1n) is 10.4. The van der Waals surface area contributed by atoms with Gasteiger partial charge in [-0.05, 0) is 74.4 Å². The summed E-state index contributed by atoms with van der Waals surface area (Å²) in [5.41, 5.74) is 2.76. The van der Waals surface area contributed by atoms with Crippen LogP contribution in [0.25, 0.3) is 11.1 Å². The second kappa shape index (κ2) is 12.7. The van der Waals surface area contributed by atoms with Crippen LogP contribution in [0.2, 0.25) is 0 Å². The third kappa shape index (κ3) is 8.43. The maximum Gasteiger partial charge on any atom is 0.333 e. The fourth-order valence-corrected chi connectivity index (χ4v) is 2.74. The van der Waals surface area contributed by atoms with E-state index in [1.165, 1.54) is 0 Å². The summed E-state index contributed by atoms with van der Waals surface area (Å²) in [7, 11) is 0. The van der Waals surface area contributed by atoms with E-state index < -0.39 is 0 Å². The Kier molecular flexibility index (Phi) is 9.84. The van der Waals surface area contributed by atoms with Crippen molar-refractivity contribution in [3.63, 3.8) is 0 Å². The van der Waals surface area contributed by atoms with E-state index in [9.17, 15) is 4.79 Å². The van der Waals surface area contributed by atoms with Crippen molar-refractivity contribution in [2.45, 2.75) is 46.0 Å². The van der Waals surface area contributed by atoms with Gasteiger partial charge in [0.05, 0.1) is 19.8 Å². The van der Waals surface area contributed by atoms with Gasteiger partial charge in [-0.2, -0.15) is 0 Å². The highest BCUT2D eigenvalue weighted by Crippen LogP contribution is 2.24. The average molecular weight is 397 g/mol. The third-order valence-electron chi connectivity index (χ3n) is 4.40. The van der Waals surface area contributed by atoms with Crippen LogP contribution < -0.4 is 9.47 Å². The Morgan fingerprint density at radius 2 is 1.24 bits per heavy atom. The van der Waals surface area contributed by atoms with Gasteiger partial charge in [0.25, 0.3) is 0 Å². The van der Waals surface area contributed by atoms with Gasteiger partial charge in [-0.25, -0.2) is 4.79 Å². The van der Waals surface area contributed by atoms with Gasteiger partial charge in [-0.3, -0.25) is 0 Å². The van der Waals surface area contributed by atoms with E-state index in [4.69, 9.17) is 14.2 Å². The van der Waals surface area contributed by atoms with Crippen LogP contribution in [0.3, 0.4) is 0 Å². The minimum atomic E-state index is -0.308. The molecule has 0 saturated heterocycles. The molecule has 2 rings (SSSR count). The van der Waals surface area contributed by atoms with Crippen molar-refractivity contribution < 1.29 is 19.0 Å². The van der Waals surface area contributed by atoms with E-state index in [0.717, 1.165) is 61.3 Å². The van der Waals surface area contributed by atoms with Crippen molar-refractivity contribution in [1.82, 2.24) is 0 Å². The molecule has 0 spiro atoms. The van der Waals surface area contributed by atoms with Crippen LogP contribution in [-0.4, -0.2) is 25.8 Å². The number of unbranched alkanes of at least 4 members (excludes halogenated alkanes) is 3. The van der Waals surface area contributed by atoms with Crippen molar-refractivity contribution in [3.05, 3.63) is 60.7 Å². The van der Waals surface area contributed by atoms with Crippen molar-refractivity contribution in [3.8, 4) is 22.6 Å². The highest BCUT2D eigenvalue weighted by Gasteiger charge is 2.02. The largest absolute Gasteiger partial charge is 0.494 e. The smallest absolute Gasteiger partial charge is 0.333 e. The number of esters is 1. The molecule has 0 unspecified atom stereocenters. The van der Waals surface area contributed by atoms with Gasteiger partial charge >= 0.3 is 5.97 Å². The summed E-state index contributed by atoms with van der Waals surface area (Å²) in [6.45, 7) is 9.21. The lowest BCUT2D eigenvalue weighted by atomic mass is 10.1. The molecule has 0 atom stereocenters. The van der Waals surface area contributed by atoms with Crippen molar-refractivity contribution in [2.24, 2.45) is 0 Å². The maximum absolute atomic E-state index is 11.3. The van der Waals surface area contributed by atoms with Gasteiger partial charge in [-0.1, -0.05) is 37.8 Å². The van der Waals surface area contributed by atoms with Crippen LogP contribution >= 0.6 is 0 Å². The maximum atomic E-state index is 11.3. The highest BCUT2D eigenvalue weighted by molar-refractivity contribution is 5.86. The minimum absolute atomic E-state index is 0.308. The van der Waals surface area contributed by atoms with Crippen LogP contribution in [0.4, 0.5) is 0 Å². The fourth-order valence-electron chi connectivity index (χ4n) is 2.74. The first kappa shape index (κ1) is 22.5. The van der Waals surface area contributed by atoms with Gasteiger partial charge in [0.15, 0.2) is 0 Å². The van der Waals surface area contributed by atoms with Crippen LogP contribution in [0.5, 0.6) is 11.5 Å². The number of carbonyl (C=O) groups is 1. The molecular weight excluding hydrogens is 364 g/mol. The predicted octanol–water partition coefficient (Wildman–Crippen LogP) is 6.20. The predicted molar refractivity (Wildman–Crippen MR) is 117 cm³/mol. The molecule has 0 aliphatic carbocycles. The quantitative estimate of drug-likeness (QED) is 0.230. The molecule has 4 heteroatoms. The lowest BCUT2D eigenvalue weighted by Gasteiger charge is -2.09. The summed E-state index contributed by atoms with van der Waals surface area (Å²) in [6, 6.07) is 16.3. The Hall–Kier alpha value is -2.75. The van der Waals surface area contributed by atoms with E-state index >= 15 is 0 Å².